The second kappa shape index (κ2) is 7.18. The third-order valence-electron chi connectivity index (χ3n) is 4.57. The van der Waals surface area contributed by atoms with E-state index in [1.807, 2.05) is 26.8 Å². The van der Waals surface area contributed by atoms with Crippen molar-refractivity contribution in [1.82, 2.24) is 25.5 Å². The zero-order chi connectivity index (χ0) is 18.0. The van der Waals surface area contributed by atoms with Gasteiger partial charge in [0.25, 0.3) is 5.91 Å². The molecule has 1 aliphatic heterocycles. The van der Waals surface area contributed by atoms with E-state index >= 15 is 0 Å². The van der Waals surface area contributed by atoms with E-state index < -0.39 is 0 Å². The number of nitrogens with one attached hydrogen (secondary N) is 2. The second-order valence-corrected chi connectivity index (χ2v) is 6.23. The summed E-state index contributed by atoms with van der Waals surface area (Å²) in [5.74, 6) is 1.40. The minimum atomic E-state index is -0.216. The van der Waals surface area contributed by atoms with E-state index in [2.05, 4.69) is 30.4 Å². The lowest BCUT2D eigenvalue weighted by molar-refractivity contribution is 0.0950. The molecule has 1 saturated heterocycles. The summed E-state index contributed by atoms with van der Waals surface area (Å²) in [6, 6.07) is 3.57. The van der Waals surface area contributed by atoms with Crippen LogP contribution in [0.2, 0.25) is 0 Å². The van der Waals surface area contributed by atoms with E-state index in [9.17, 15) is 4.79 Å². The molecule has 2 aromatic heterocycles. The molecule has 3 rings (SSSR count). The highest BCUT2D eigenvalue weighted by molar-refractivity contribution is 5.92. The molecule has 2 N–H and O–H groups in total. The van der Waals surface area contributed by atoms with Gasteiger partial charge in [0.15, 0.2) is 11.5 Å². The Morgan fingerprint density at radius 1 is 1.40 bits per heavy atom. The molecule has 8 nitrogen and oxygen atoms in total. The highest BCUT2D eigenvalue weighted by atomic mass is 16.5. The van der Waals surface area contributed by atoms with Crippen LogP contribution in [0.1, 0.15) is 47.1 Å². The van der Waals surface area contributed by atoms with Crippen LogP contribution in [0, 0.1) is 13.8 Å². The number of nitrogens with zero attached hydrogens (tertiary/aromatic N) is 4. The Bertz CT molecular complexity index is 723. The topological polar surface area (TPSA) is 96.0 Å². The minimum absolute atomic E-state index is 0.0435. The van der Waals surface area contributed by atoms with Crippen LogP contribution in [0.4, 0.5) is 5.82 Å². The Balaban J connectivity index is 1.86. The van der Waals surface area contributed by atoms with Gasteiger partial charge in [0.05, 0.1) is 17.8 Å². The first-order chi connectivity index (χ1) is 12.0. The Morgan fingerprint density at radius 2 is 2.20 bits per heavy atom. The van der Waals surface area contributed by atoms with Gasteiger partial charge in [-0.2, -0.15) is 0 Å². The van der Waals surface area contributed by atoms with Crippen LogP contribution in [0.3, 0.4) is 0 Å². The first-order valence-corrected chi connectivity index (χ1v) is 8.48. The minimum Gasteiger partial charge on any atom is -0.380 e. The van der Waals surface area contributed by atoms with Crippen molar-refractivity contribution < 1.29 is 9.53 Å². The van der Waals surface area contributed by atoms with Gasteiger partial charge in [-0.1, -0.05) is 0 Å². The molecule has 0 spiro atoms. The highest BCUT2D eigenvalue weighted by Gasteiger charge is 2.36. The van der Waals surface area contributed by atoms with Gasteiger partial charge in [0.2, 0.25) is 0 Å². The number of hydrogen-bond donors (Lipinski definition) is 2. The zero-order valence-electron chi connectivity index (χ0n) is 15.0. The number of anilines is 1. The lowest BCUT2D eigenvalue weighted by Gasteiger charge is -2.23. The van der Waals surface area contributed by atoms with E-state index in [1.165, 1.54) is 0 Å². The maximum atomic E-state index is 11.8. The number of H-pyrrole nitrogens is 1. The lowest BCUT2D eigenvalue weighted by Crippen LogP contribution is -2.28. The second-order valence-electron chi connectivity index (χ2n) is 6.23. The Labute approximate surface area is 147 Å². The van der Waals surface area contributed by atoms with Crippen molar-refractivity contribution in [3.8, 4) is 0 Å². The van der Waals surface area contributed by atoms with Crippen LogP contribution >= 0.6 is 0 Å². The van der Waals surface area contributed by atoms with E-state index in [4.69, 9.17) is 4.74 Å². The largest absolute Gasteiger partial charge is 0.380 e. The molecule has 2 atom stereocenters. The van der Waals surface area contributed by atoms with Crippen LogP contribution in [0.25, 0.3) is 0 Å². The third kappa shape index (κ3) is 3.48. The predicted molar refractivity (Wildman–Crippen MR) is 93.6 cm³/mol. The number of methoxy groups -OCH3 is 1. The number of hydrogen-bond acceptors (Lipinski definition) is 6. The number of amides is 1. The normalized spacial score (nSPS) is 20.1. The summed E-state index contributed by atoms with van der Waals surface area (Å²) < 4.78 is 5.55. The molecule has 1 fully saturated rings. The van der Waals surface area contributed by atoms with Gasteiger partial charge in [0.1, 0.15) is 5.82 Å². The van der Waals surface area contributed by atoms with Crippen LogP contribution in [0.5, 0.6) is 0 Å². The number of imidazole rings is 1. The number of rotatable bonds is 5. The van der Waals surface area contributed by atoms with Crippen LogP contribution in [0.15, 0.2) is 12.1 Å². The number of ether oxygens (including phenoxy) is 1. The molecular weight excluding hydrogens is 320 g/mol. The van der Waals surface area contributed by atoms with E-state index in [-0.39, 0.29) is 18.1 Å². The SMILES string of the molecule is CCNC(=O)c1ccc(N2C[C@H](OC)C[C@H]2c2nc(C)c(C)[nH]2)nn1. The highest BCUT2D eigenvalue weighted by Crippen LogP contribution is 2.35. The molecule has 3 heterocycles. The van der Waals surface area contributed by atoms with Crippen molar-refractivity contribution in [3.63, 3.8) is 0 Å². The van der Waals surface area contributed by atoms with E-state index in [1.54, 1.807) is 13.2 Å². The molecule has 1 amide bonds. The van der Waals surface area contributed by atoms with Crippen molar-refractivity contribution in [2.45, 2.75) is 39.3 Å². The standard InChI is InChI=1S/C17H24N6O2/c1-5-18-17(24)13-6-7-15(22-21-13)23-9-12(25-4)8-14(23)16-19-10(2)11(3)20-16/h6-7,12,14H,5,8-9H2,1-4H3,(H,18,24)(H,19,20)/t12-,14+/m1/s1. The fourth-order valence-corrected chi connectivity index (χ4v) is 3.06. The Morgan fingerprint density at radius 3 is 2.76 bits per heavy atom. The monoisotopic (exact) mass is 344 g/mol. The molecule has 134 valence electrons. The summed E-state index contributed by atoms with van der Waals surface area (Å²) >= 11 is 0. The van der Waals surface area contributed by atoms with Crippen LogP contribution in [-0.4, -0.2) is 52.4 Å². The molecule has 1 aliphatic rings. The maximum Gasteiger partial charge on any atom is 0.271 e. The van der Waals surface area contributed by atoms with Crippen LogP contribution in [-0.2, 0) is 4.74 Å². The lowest BCUT2D eigenvalue weighted by atomic mass is 10.2. The molecule has 2 aromatic rings. The molecule has 0 unspecified atom stereocenters. The summed E-state index contributed by atoms with van der Waals surface area (Å²) in [6.45, 7) is 7.13. The van der Waals surface area contributed by atoms with Crippen molar-refractivity contribution >= 4 is 11.7 Å². The zero-order valence-corrected chi connectivity index (χ0v) is 15.0. The van der Waals surface area contributed by atoms with Gasteiger partial charge in [-0.05, 0) is 32.9 Å². The molecular formula is C17H24N6O2. The first kappa shape index (κ1) is 17.3. The first-order valence-electron chi connectivity index (χ1n) is 8.48. The van der Waals surface area contributed by atoms with E-state index in [0.717, 1.165) is 23.6 Å². The number of aromatic amines is 1. The number of aromatic nitrogens is 4. The summed E-state index contributed by atoms with van der Waals surface area (Å²) in [5.41, 5.74) is 2.37. The van der Waals surface area contributed by atoms with Crippen molar-refractivity contribution in [2.24, 2.45) is 0 Å². The molecule has 0 bridgehead atoms. The number of carbonyl (C=O) groups excluding carboxylic acids is 1. The Kier molecular flexibility index (Phi) is 4.98. The summed E-state index contributed by atoms with van der Waals surface area (Å²) in [6.07, 6.45) is 0.920. The van der Waals surface area contributed by atoms with Crippen LogP contribution < -0.4 is 10.2 Å². The van der Waals surface area contributed by atoms with Gasteiger partial charge >= 0.3 is 0 Å². The maximum absolute atomic E-state index is 11.8. The van der Waals surface area contributed by atoms with Gasteiger partial charge < -0.3 is 19.9 Å². The van der Waals surface area contributed by atoms with Crippen molar-refractivity contribution in [1.29, 1.82) is 0 Å². The predicted octanol–water partition coefficient (Wildman–Crippen LogP) is 1.53. The molecule has 0 radical (unpaired) electrons. The summed E-state index contributed by atoms with van der Waals surface area (Å²) in [7, 11) is 1.72. The van der Waals surface area contributed by atoms with E-state index in [0.29, 0.717) is 24.6 Å². The van der Waals surface area contributed by atoms with Gasteiger partial charge in [-0.3, -0.25) is 4.79 Å². The molecule has 0 aliphatic carbocycles. The molecule has 25 heavy (non-hydrogen) atoms. The fourth-order valence-electron chi connectivity index (χ4n) is 3.06. The number of carbonyl (C=O) groups is 1. The van der Waals surface area contributed by atoms with Gasteiger partial charge in [0, 0.05) is 32.3 Å². The molecule has 0 saturated carbocycles. The third-order valence-corrected chi connectivity index (χ3v) is 4.57. The number of aryl methyl sites for hydroxylation is 2. The van der Waals surface area contributed by atoms with Crippen molar-refractivity contribution in [3.05, 3.63) is 35.0 Å². The molecule has 8 heteroatoms. The summed E-state index contributed by atoms with van der Waals surface area (Å²) in [4.78, 5) is 22.0. The summed E-state index contributed by atoms with van der Waals surface area (Å²) in [5, 5.41) is 11.0. The smallest absolute Gasteiger partial charge is 0.271 e. The van der Waals surface area contributed by atoms with Gasteiger partial charge in [-0.15, -0.1) is 10.2 Å². The molecule has 0 aromatic carbocycles. The average Bonchev–Trinajstić information content (AvgIpc) is 3.19. The Hall–Kier alpha value is -2.48. The fraction of sp³-hybridized carbons (Fsp3) is 0.529. The van der Waals surface area contributed by atoms with Gasteiger partial charge in [-0.25, -0.2) is 4.98 Å². The van der Waals surface area contributed by atoms with Crippen molar-refractivity contribution in [2.75, 3.05) is 25.1 Å². The quantitative estimate of drug-likeness (QED) is 0.854. The average molecular weight is 344 g/mol.